The average Bonchev–Trinajstić information content (AvgIpc) is 4.05. The molecular formula is C54H62N4O4+2. The van der Waals surface area contributed by atoms with E-state index >= 15 is 0 Å². The van der Waals surface area contributed by atoms with Crippen molar-refractivity contribution in [2.75, 3.05) is 22.9 Å². The number of ether oxygens (including phenoxy) is 2. The molecule has 8 nitrogen and oxygen atoms in total. The van der Waals surface area contributed by atoms with Crippen molar-refractivity contribution in [3.05, 3.63) is 145 Å². The third-order valence-corrected chi connectivity index (χ3v) is 12.5. The molecule has 320 valence electrons. The lowest BCUT2D eigenvalue weighted by Crippen LogP contribution is -2.35. The summed E-state index contributed by atoms with van der Waals surface area (Å²) in [6.07, 6.45) is 32.0. The van der Waals surface area contributed by atoms with Crippen LogP contribution in [-0.2, 0) is 13.1 Å². The first-order valence-electron chi connectivity index (χ1n) is 23.5. The maximum absolute atomic E-state index is 6.40. The number of rotatable bonds is 0. The highest BCUT2D eigenvalue weighted by Gasteiger charge is 2.27. The molecule has 0 bridgehead atoms. The van der Waals surface area contributed by atoms with Crippen molar-refractivity contribution in [1.82, 2.24) is 0 Å². The fourth-order valence-corrected chi connectivity index (χ4v) is 9.26. The van der Waals surface area contributed by atoms with Crippen LogP contribution in [0.15, 0.2) is 142 Å². The normalized spacial score (nSPS) is 17.9. The van der Waals surface area contributed by atoms with E-state index in [0.717, 1.165) is 120 Å². The van der Waals surface area contributed by atoms with E-state index in [-0.39, 0.29) is 0 Å². The number of hydrogen-bond acceptors (Lipinski definition) is 6. The van der Waals surface area contributed by atoms with Gasteiger partial charge in [-0.15, -0.1) is 0 Å². The number of aryl methyl sites for hydroxylation is 2. The van der Waals surface area contributed by atoms with Gasteiger partial charge >= 0.3 is 11.8 Å². The Morgan fingerprint density at radius 1 is 0.387 bits per heavy atom. The molecule has 9 rings (SSSR count). The molecule has 0 saturated heterocycles. The van der Waals surface area contributed by atoms with Crippen molar-refractivity contribution in [3.63, 3.8) is 0 Å². The Bertz CT molecular complexity index is 2370. The van der Waals surface area contributed by atoms with Crippen molar-refractivity contribution in [1.29, 1.82) is 0 Å². The molecular weight excluding hydrogens is 769 g/mol. The lowest BCUT2D eigenvalue weighted by molar-refractivity contribution is -0.678. The van der Waals surface area contributed by atoms with Gasteiger partial charge in [-0.2, -0.15) is 9.13 Å². The number of allylic oxidation sites excluding steroid dienone is 4. The summed E-state index contributed by atoms with van der Waals surface area (Å²) in [5.41, 5.74) is 6.44. The largest absolute Gasteiger partial charge is 0.439 e. The average molecular weight is 831 g/mol. The van der Waals surface area contributed by atoms with Crippen molar-refractivity contribution >= 4 is 45.7 Å². The first kappa shape index (κ1) is 41.3. The zero-order valence-corrected chi connectivity index (χ0v) is 36.3. The van der Waals surface area contributed by atoms with E-state index in [9.17, 15) is 0 Å². The van der Waals surface area contributed by atoms with Gasteiger partial charge in [0.25, 0.3) is 11.0 Å². The number of hydrogen-bond donors (Lipinski definition) is 0. The summed E-state index contributed by atoms with van der Waals surface area (Å²) in [6.45, 7) is 3.74. The van der Waals surface area contributed by atoms with Crippen LogP contribution in [0.4, 0.5) is 11.4 Å². The molecule has 0 aliphatic carbocycles. The Morgan fingerprint density at radius 2 is 0.758 bits per heavy atom. The first-order chi connectivity index (χ1) is 30.8. The Morgan fingerprint density at radius 3 is 1.21 bits per heavy atom. The minimum atomic E-state index is 0.876. The van der Waals surface area contributed by atoms with Crippen molar-refractivity contribution < 1.29 is 27.4 Å². The van der Waals surface area contributed by atoms with Crippen LogP contribution < -0.4 is 28.4 Å². The van der Waals surface area contributed by atoms with Gasteiger partial charge in [0.05, 0.1) is 23.5 Å². The summed E-state index contributed by atoms with van der Waals surface area (Å²) in [5, 5.41) is 0. The smallest absolute Gasteiger partial charge is 0.374 e. The van der Waals surface area contributed by atoms with Gasteiger partial charge in [0.1, 0.15) is 0 Å². The maximum Gasteiger partial charge on any atom is 0.374 e. The predicted molar refractivity (Wildman–Crippen MR) is 250 cm³/mol. The minimum Gasteiger partial charge on any atom is -0.439 e. The molecule has 8 heteroatoms. The summed E-state index contributed by atoms with van der Waals surface area (Å²) >= 11 is 0. The monoisotopic (exact) mass is 830 g/mol. The van der Waals surface area contributed by atoms with Crippen LogP contribution in [-0.4, -0.2) is 13.1 Å². The molecule has 5 heterocycles. The quantitative estimate of drug-likeness (QED) is 0.142. The van der Waals surface area contributed by atoms with Gasteiger partial charge in [0.2, 0.25) is 22.9 Å². The highest BCUT2D eigenvalue weighted by molar-refractivity contribution is 5.71. The molecule has 2 aromatic heterocycles. The van der Waals surface area contributed by atoms with Crippen molar-refractivity contribution in [3.8, 4) is 11.5 Å². The van der Waals surface area contributed by atoms with Gasteiger partial charge in [-0.3, -0.25) is 0 Å². The van der Waals surface area contributed by atoms with Gasteiger partial charge in [-0.25, -0.2) is 0 Å². The SMILES string of the molecule is C1=Cc2oc3ccccc3[n+]2CCCCCCCCCCN2C(=CC=Cc3oc4ccccc4[n+]3CCCCCCCCCCN3C(=C1)Oc1ccccc13)Oc1ccccc12. The number of benzene rings is 4. The zero-order valence-electron chi connectivity index (χ0n) is 36.3. The van der Waals surface area contributed by atoms with E-state index in [4.69, 9.17) is 18.3 Å². The van der Waals surface area contributed by atoms with E-state index < -0.39 is 0 Å². The topological polar surface area (TPSA) is 59.0 Å². The third-order valence-electron chi connectivity index (χ3n) is 12.5. The summed E-state index contributed by atoms with van der Waals surface area (Å²) in [5.74, 6) is 5.35. The van der Waals surface area contributed by atoms with Crippen LogP contribution in [0, 0.1) is 0 Å². The molecule has 3 aliphatic rings. The minimum absolute atomic E-state index is 0.876. The van der Waals surface area contributed by atoms with E-state index in [0.29, 0.717) is 0 Å². The Labute approximate surface area is 367 Å². The fourth-order valence-electron chi connectivity index (χ4n) is 9.26. The van der Waals surface area contributed by atoms with Crippen LogP contribution in [0.1, 0.15) is 115 Å². The maximum atomic E-state index is 6.40. The summed E-state index contributed by atoms with van der Waals surface area (Å²) in [4.78, 5) is 4.68. The van der Waals surface area contributed by atoms with Crippen LogP contribution >= 0.6 is 0 Å². The van der Waals surface area contributed by atoms with Crippen LogP contribution in [0.2, 0.25) is 0 Å². The van der Waals surface area contributed by atoms with Crippen LogP contribution in [0.3, 0.4) is 0 Å². The second-order valence-corrected chi connectivity index (χ2v) is 16.9. The Balaban J connectivity index is 0.874. The second-order valence-electron chi connectivity index (χ2n) is 16.9. The summed E-state index contributed by atoms with van der Waals surface area (Å²) < 4.78 is 30.3. The van der Waals surface area contributed by atoms with Crippen molar-refractivity contribution in [2.24, 2.45) is 0 Å². The molecule has 0 atom stereocenters. The molecule has 6 aromatic rings. The zero-order chi connectivity index (χ0) is 41.8. The number of oxazole rings is 2. The molecule has 0 unspecified atom stereocenters. The van der Waals surface area contributed by atoms with Crippen LogP contribution in [0.25, 0.3) is 34.4 Å². The van der Waals surface area contributed by atoms with E-state index in [1.165, 1.54) is 77.0 Å². The van der Waals surface area contributed by atoms with Gasteiger partial charge in [-0.1, -0.05) is 113 Å². The fraction of sp³-hybridized carbons (Fsp3) is 0.370. The summed E-state index contributed by atoms with van der Waals surface area (Å²) in [7, 11) is 0. The number of nitrogens with zero attached hydrogens (tertiary/aromatic N) is 4. The van der Waals surface area contributed by atoms with Gasteiger partial charge < -0.3 is 28.1 Å². The molecule has 0 fully saturated rings. The Kier molecular flexibility index (Phi) is 13.8. The number of anilines is 2. The molecule has 4 aromatic carbocycles. The van der Waals surface area contributed by atoms with Gasteiger partial charge in [0, 0.05) is 38.1 Å². The number of fused-ring (bicyclic) bond motifs is 12. The van der Waals surface area contributed by atoms with E-state index in [1.807, 2.05) is 0 Å². The molecule has 0 spiro atoms. The Hall–Kier alpha value is -6.02. The highest BCUT2D eigenvalue weighted by Crippen LogP contribution is 2.40. The lowest BCUT2D eigenvalue weighted by atomic mass is 10.1. The molecule has 0 N–H and O–H groups in total. The number of para-hydroxylation sites is 8. The molecule has 62 heavy (non-hydrogen) atoms. The number of aromatic nitrogens is 2. The predicted octanol–water partition coefficient (Wildman–Crippen LogP) is 13.2. The first-order valence-corrected chi connectivity index (χ1v) is 23.5. The molecule has 0 saturated carbocycles. The second kappa shape index (κ2) is 20.7. The third kappa shape index (κ3) is 9.86. The molecule has 3 aliphatic heterocycles. The highest BCUT2D eigenvalue weighted by atomic mass is 16.5. The lowest BCUT2D eigenvalue weighted by Gasteiger charge is -2.18. The van der Waals surface area contributed by atoms with E-state index in [1.54, 1.807) is 0 Å². The van der Waals surface area contributed by atoms with Crippen LogP contribution in [0.5, 0.6) is 11.5 Å². The van der Waals surface area contributed by atoms with E-state index in [2.05, 4.69) is 152 Å². The molecule has 0 radical (unpaired) electrons. The summed E-state index contributed by atoms with van der Waals surface area (Å²) in [6, 6.07) is 33.6. The molecule has 0 amide bonds. The van der Waals surface area contributed by atoms with Gasteiger partial charge in [-0.05, 0) is 86.4 Å². The van der Waals surface area contributed by atoms with Gasteiger partial charge in [0.15, 0.2) is 24.6 Å². The van der Waals surface area contributed by atoms with Crippen molar-refractivity contribution in [2.45, 2.75) is 116 Å². The standard InChI is InChI=1S/C54H62N4O4/c1-2-6-10-22-40-56-44-28-14-18-32-48(44)60-52(56)36-26-38-54-58(46-30-16-20-34-50(46)62-54)42-24-12-8-4-3-7-11-23-41-57-45-29-15-19-33-49(45)61-53(57)37-25-35-51-55(39-21-9-5-1)43-27-13-17-31-47(43)59-51/h13-20,25-38H,1-12,21-24,39-42H2/q+2.